The van der Waals surface area contributed by atoms with Crippen molar-refractivity contribution in [3.8, 4) is 0 Å². The molecule has 1 aromatic heterocycles. The summed E-state index contributed by atoms with van der Waals surface area (Å²) in [5.74, 6) is -0.752. The number of rotatable bonds is 4. The summed E-state index contributed by atoms with van der Waals surface area (Å²) in [4.78, 5) is 27.9. The third-order valence-corrected chi connectivity index (χ3v) is 4.34. The molecule has 2 aromatic rings. The van der Waals surface area contributed by atoms with Crippen molar-refractivity contribution in [3.63, 3.8) is 0 Å². The van der Waals surface area contributed by atoms with Crippen LogP contribution in [0.25, 0.3) is 0 Å². The molecule has 2 heterocycles. The molecular formula is C17H18N3O6. The zero-order chi connectivity index (χ0) is 19.0. The van der Waals surface area contributed by atoms with Crippen LogP contribution in [0.4, 0.5) is 5.82 Å². The fourth-order valence-electron chi connectivity index (χ4n) is 2.84. The number of carbonyl (C=O) groups is 1. The van der Waals surface area contributed by atoms with Crippen LogP contribution in [0.2, 0.25) is 0 Å². The van der Waals surface area contributed by atoms with Gasteiger partial charge in [0.2, 0.25) is 0 Å². The van der Waals surface area contributed by atoms with Gasteiger partial charge in [-0.2, -0.15) is 4.98 Å². The number of Topliss-reactive ketones (excluding diaryl/α,β-unsaturated/α-hetero) is 1. The van der Waals surface area contributed by atoms with Gasteiger partial charge in [-0.05, 0) is 6.92 Å². The topological polar surface area (TPSA) is 148 Å². The molecule has 1 aromatic carbocycles. The highest BCUT2D eigenvalue weighted by Crippen LogP contribution is 2.31. The number of ether oxygens (including phenoxy) is 1. The highest BCUT2D eigenvalue weighted by atomic mass is 16.6. The van der Waals surface area contributed by atoms with E-state index in [1.54, 1.807) is 25.1 Å². The third kappa shape index (κ3) is 3.13. The van der Waals surface area contributed by atoms with Crippen LogP contribution in [0.15, 0.2) is 41.3 Å². The van der Waals surface area contributed by atoms with Crippen LogP contribution in [0.1, 0.15) is 22.1 Å². The first-order valence-electron chi connectivity index (χ1n) is 7.93. The van der Waals surface area contributed by atoms with E-state index in [1.165, 1.54) is 18.3 Å². The Labute approximate surface area is 148 Å². The highest BCUT2D eigenvalue weighted by molar-refractivity contribution is 5.99. The number of hydrogen-bond donors (Lipinski definition) is 3. The number of carbonyl (C=O) groups excluding carboxylic acids is 1. The number of hydrogen-bond acceptors (Lipinski definition) is 7. The zero-order valence-corrected chi connectivity index (χ0v) is 13.9. The summed E-state index contributed by atoms with van der Waals surface area (Å²) in [5, 5.41) is 32.9. The minimum atomic E-state index is -1.97. The maximum absolute atomic E-state index is 12.5. The summed E-state index contributed by atoms with van der Waals surface area (Å²) in [6.45, 7) is 1.60. The van der Waals surface area contributed by atoms with Gasteiger partial charge in [-0.15, -0.1) is 0 Å². The van der Waals surface area contributed by atoms with Crippen LogP contribution in [-0.4, -0.2) is 50.0 Å². The van der Waals surface area contributed by atoms with Gasteiger partial charge in [0.15, 0.2) is 18.1 Å². The third-order valence-electron chi connectivity index (χ3n) is 4.34. The van der Waals surface area contributed by atoms with Gasteiger partial charge in [0.05, 0.1) is 0 Å². The van der Waals surface area contributed by atoms with Crippen molar-refractivity contribution >= 4 is 11.6 Å². The van der Waals surface area contributed by atoms with Crippen molar-refractivity contribution in [3.05, 3.63) is 58.1 Å². The minimum Gasteiger partial charge on any atom is -0.387 e. The quantitative estimate of drug-likeness (QED) is 0.619. The number of ketones is 1. The molecule has 0 bridgehead atoms. The number of aromatic nitrogens is 2. The van der Waals surface area contributed by atoms with Crippen LogP contribution >= 0.6 is 0 Å². The first kappa shape index (κ1) is 18.2. The second-order valence-corrected chi connectivity index (χ2v) is 6.12. The van der Waals surface area contributed by atoms with Crippen molar-refractivity contribution in [1.29, 1.82) is 0 Å². The lowest BCUT2D eigenvalue weighted by atomic mass is 9.98. The fourth-order valence-corrected chi connectivity index (χ4v) is 2.84. The number of aryl methyl sites for hydroxylation is 1. The normalized spacial score (nSPS) is 26.6. The maximum atomic E-state index is 12.5. The lowest BCUT2D eigenvalue weighted by Gasteiger charge is -2.19. The number of nitrogen functional groups attached to an aromatic ring is 1. The van der Waals surface area contributed by atoms with Gasteiger partial charge >= 0.3 is 5.69 Å². The second-order valence-electron chi connectivity index (χ2n) is 6.12. The van der Waals surface area contributed by atoms with E-state index in [4.69, 9.17) is 10.5 Å². The van der Waals surface area contributed by atoms with E-state index < -0.39 is 42.1 Å². The Morgan fingerprint density at radius 2 is 1.92 bits per heavy atom. The van der Waals surface area contributed by atoms with Crippen molar-refractivity contribution in [2.24, 2.45) is 0 Å². The van der Waals surface area contributed by atoms with E-state index in [9.17, 15) is 24.9 Å². The Kier molecular flexibility index (Phi) is 4.88. The van der Waals surface area contributed by atoms with E-state index in [-0.39, 0.29) is 11.4 Å². The summed E-state index contributed by atoms with van der Waals surface area (Å²) >= 11 is 0. The Balaban J connectivity index is 1.87. The van der Waals surface area contributed by atoms with Crippen molar-refractivity contribution < 1.29 is 24.9 Å². The SMILES string of the molecule is Cc1cn([C@@H]2O[C@H](C([O])C(=O)c3ccccc3)[C@@H](O)[C@H]2O)c(=O)nc1N. The molecule has 0 saturated carbocycles. The van der Waals surface area contributed by atoms with Gasteiger partial charge in [-0.25, -0.2) is 9.90 Å². The van der Waals surface area contributed by atoms with E-state index in [0.29, 0.717) is 5.56 Å². The predicted octanol–water partition coefficient (Wildman–Crippen LogP) is -0.565. The standard InChI is InChI=1S/C17H18N3O6/c1-8-7-20(17(25)19-15(8)18)16-13(24)12(23)14(26-16)11(22)10(21)9-5-3-2-4-6-9/h2-7,11-14,16,23-24H,1H3,(H2,18,19,25)/t11?,12-,13+,14+,16+/m0/s1. The minimum absolute atomic E-state index is 0.0248. The van der Waals surface area contributed by atoms with E-state index in [0.717, 1.165) is 4.57 Å². The molecule has 1 fully saturated rings. The number of anilines is 1. The summed E-state index contributed by atoms with van der Waals surface area (Å²) < 4.78 is 6.34. The van der Waals surface area contributed by atoms with Crippen molar-refractivity contribution in [2.75, 3.05) is 5.73 Å². The molecule has 3 rings (SSSR count). The van der Waals surface area contributed by atoms with Crippen LogP contribution in [0.5, 0.6) is 0 Å². The Morgan fingerprint density at radius 3 is 2.58 bits per heavy atom. The van der Waals surface area contributed by atoms with Crippen LogP contribution < -0.4 is 11.4 Å². The molecule has 4 N–H and O–H groups in total. The molecule has 1 unspecified atom stereocenters. The van der Waals surface area contributed by atoms with Gasteiger partial charge in [0, 0.05) is 17.3 Å². The number of benzene rings is 1. The first-order chi connectivity index (χ1) is 12.3. The fraction of sp³-hybridized carbons (Fsp3) is 0.353. The van der Waals surface area contributed by atoms with Crippen molar-refractivity contribution in [1.82, 2.24) is 9.55 Å². The summed E-state index contributed by atoms with van der Waals surface area (Å²) in [6.07, 6.45) is -6.75. The zero-order valence-electron chi connectivity index (χ0n) is 13.9. The number of aliphatic hydroxyl groups excluding tert-OH is 2. The Hall–Kier alpha value is -2.59. The van der Waals surface area contributed by atoms with Crippen LogP contribution in [0.3, 0.4) is 0 Å². The Morgan fingerprint density at radius 1 is 1.27 bits per heavy atom. The Bertz CT molecular complexity index is 869. The number of nitrogens with zero attached hydrogens (tertiary/aromatic N) is 2. The van der Waals surface area contributed by atoms with Crippen LogP contribution in [0, 0.1) is 6.92 Å². The van der Waals surface area contributed by atoms with Gasteiger partial charge in [0.25, 0.3) is 0 Å². The molecular weight excluding hydrogens is 342 g/mol. The molecule has 26 heavy (non-hydrogen) atoms. The number of nitrogens with two attached hydrogens (primary N) is 1. The van der Waals surface area contributed by atoms with E-state index in [1.807, 2.05) is 0 Å². The molecule has 1 aliphatic heterocycles. The average Bonchev–Trinajstić information content (AvgIpc) is 2.93. The lowest BCUT2D eigenvalue weighted by Crippen LogP contribution is -2.42. The second kappa shape index (κ2) is 6.96. The monoisotopic (exact) mass is 360 g/mol. The van der Waals surface area contributed by atoms with E-state index >= 15 is 0 Å². The molecule has 0 amide bonds. The largest absolute Gasteiger partial charge is 0.387 e. The molecule has 1 radical (unpaired) electrons. The molecule has 1 saturated heterocycles. The predicted molar refractivity (Wildman–Crippen MR) is 88.8 cm³/mol. The molecule has 1 aliphatic rings. The summed E-state index contributed by atoms with van der Waals surface area (Å²) in [5.41, 5.74) is 5.38. The lowest BCUT2D eigenvalue weighted by molar-refractivity contribution is -0.0917. The van der Waals surface area contributed by atoms with Crippen molar-refractivity contribution in [2.45, 2.75) is 37.6 Å². The molecule has 0 aliphatic carbocycles. The molecule has 9 nitrogen and oxygen atoms in total. The molecule has 0 spiro atoms. The summed E-state index contributed by atoms with van der Waals surface area (Å²) in [6, 6.07) is 7.85. The van der Waals surface area contributed by atoms with Gasteiger partial charge in [0.1, 0.15) is 24.1 Å². The smallest absolute Gasteiger partial charge is 0.351 e. The molecule has 137 valence electrons. The van der Waals surface area contributed by atoms with Gasteiger partial charge < -0.3 is 20.7 Å². The van der Waals surface area contributed by atoms with E-state index in [2.05, 4.69) is 4.98 Å². The highest BCUT2D eigenvalue weighted by Gasteiger charge is 2.49. The first-order valence-corrected chi connectivity index (χ1v) is 7.93. The van der Waals surface area contributed by atoms with Gasteiger partial charge in [-0.1, -0.05) is 30.3 Å². The average molecular weight is 360 g/mol. The molecule has 9 heteroatoms. The van der Waals surface area contributed by atoms with Crippen LogP contribution in [-0.2, 0) is 9.84 Å². The summed E-state index contributed by atoms with van der Waals surface area (Å²) in [7, 11) is 0. The molecule has 5 atom stereocenters. The number of aliphatic hydroxyl groups is 2. The maximum Gasteiger partial charge on any atom is 0.351 e. The van der Waals surface area contributed by atoms with Gasteiger partial charge in [-0.3, -0.25) is 9.36 Å².